The van der Waals surface area contributed by atoms with Gasteiger partial charge < -0.3 is 0 Å². The van der Waals surface area contributed by atoms with Gasteiger partial charge in [0, 0.05) is 30.3 Å². The number of hydrazine groups is 1. The average Bonchev–Trinajstić information content (AvgIpc) is 3.13. The Morgan fingerprint density at radius 3 is 2.58 bits per heavy atom. The maximum absolute atomic E-state index is 12.1. The van der Waals surface area contributed by atoms with Crippen LogP contribution in [0.1, 0.15) is 15.2 Å². The van der Waals surface area contributed by atoms with Gasteiger partial charge in [-0.15, -0.1) is 23.1 Å². The van der Waals surface area contributed by atoms with Crippen molar-refractivity contribution in [2.24, 2.45) is 0 Å². The van der Waals surface area contributed by atoms with Gasteiger partial charge >= 0.3 is 0 Å². The van der Waals surface area contributed by atoms with Gasteiger partial charge in [0.05, 0.1) is 10.6 Å². The molecule has 0 fully saturated rings. The van der Waals surface area contributed by atoms with Gasteiger partial charge in [0.15, 0.2) is 0 Å². The normalized spacial score (nSPS) is 11.3. The maximum Gasteiger partial charge on any atom is 0.269 e. The molecule has 7 nitrogen and oxygen atoms in total. The number of hydrogen-bond donors (Lipinski definition) is 2. The summed E-state index contributed by atoms with van der Waals surface area (Å²) in [7, 11) is -0.808. The number of nitrogens with one attached hydrogen (secondary N) is 2. The van der Waals surface area contributed by atoms with Gasteiger partial charge in [0.25, 0.3) is 5.91 Å². The van der Waals surface area contributed by atoms with Gasteiger partial charge in [-0.25, -0.2) is 12.7 Å². The van der Waals surface area contributed by atoms with Gasteiger partial charge in [0.2, 0.25) is 15.9 Å². The molecule has 0 unspecified atom stereocenters. The molecule has 0 saturated carbocycles. The minimum atomic E-state index is -3.63. The van der Waals surface area contributed by atoms with Crippen molar-refractivity contribution in [2.75, 3.05) is 19.8 Å². The molecule has 1 aromatic heterocycles. The van der Waals surface area contributed by atoms with Gasteiger partial charge in [0.1, 0.15) is 0 Å². The monoisotopic (exact) mass is 413 g/mol. The lowest BCUT2D eigenvalue weighted by Gasteiger charge is -2.12. The minimum Gasteiger partial charge on any atom is -0.272 e. The van der Waals surface area contributed by atoms with E-state index in [1.165, 1.54) is 55.0 Å². The average molecular weight is 414 g/mol. The summed E-state index contributed by atoms with van der Waals surface area (Å²) in [5.74, 6) is 0.00542. The van der Waals surface area contributed by atoms with Crippen molar-refractivity contribution >= 4 is 44.9 Å². The molecule has 0 aliphatic rings. The van der Waals surface area contributed by atoms with Crippen LogP contribution in [0.2, 0.25) is 0 Å². The highest BCUT2D eigenvalue weighted by Gasteiger charge is 2.18. The number of carbonyl (C=O) groups excluding carboxylic acids is 2. The third kappa shape index (κ3) is 5.56. The fraction of sp³-hybridized carbons (Fsp3) is 0.250. The number of amides is 2. The number of hydrogen-bond acceptors (Lipinski definition) is 6. The second-order valence-electron chi connectivity index (χ2n) is 5.39. The summed E-state index contributed by atoms with van der Waals surface area (Å²) in [6.07, 6.45) is 0. The minimum absolute atomic E-state index is 0.00739. The van der Waals surface area contributed by atoms with E-state index in [-0.39, 0.29) is 22.1 Å². The van der Waals surface area contributed by atoms with Crippen molar-refractivity contribution in [2.45, 2.75) is 10.6 Å². The number of sulfonamides is 1. The van der Waals surface area contributed by atoms with Gasteiger partial charge in [-0.05, 0) is 29.6 Å². The molecule has 1 heterocycles. The van der Waals surface area contributed by atoms with Crippen molar-refractivity contribution in [1.82, 2.24) is 15.2 Å². The summed E-state index contributed by atoms with van der Waals surface area (Å²) >= 11 is 3.06. The zero-order chi connectivity index (χ0) is 19.2. The van der Waals surface area contributed by atoms with E-state index in [1.54, 1.807) is 11.3 Å². The summed E-state index contributed by atoms with van der Waals surface area (Å²) in [4.78, 5) is 25.1. The number of carbonyl (C=O) groups is 2. The van der Waals surface area contributed by atoms with Crippen LogP contribution < -0.4 is 10.9 Å². The Hall–Kier alpha value is -1.88. The molecule has 0 atom stereocenters. The standard InChI is InChI=1S/C16H19N3O4S3/c1-19(2)26(22,23)14-7-3-5-12(9-14)16(21)18-17-15(20)11-24-10-13-6-4-8-25-13/h3-9H,10-11H2,1-2H3,(H,17,20)(H,18,21). The molecule has 0 saturated heterocycles. The molecule has 10 heteroatoms. The van der Waals surface area contributed by atoms with Crippen molar-refractivity contribution < 1.29 is 18.0 Å². The molecule has 1 aromatic carbocycles. The van der Waals surface area contributed by atoms with Crippen molar-refractivity contribution in [3.8, 4) is 0 Å². The van der Waals surface area contributed by atoms with Crippen molar-refractivity contribution in [3.63, 3.8) is 0 Å². The van der Waals surface area contributed by atoms with Gasteiger partial charge in [-0.3, -0.25) is 20.4 Å². The van der Waals surface area contributed by atoms with E-state index in [2.05, 4.69) is 10.9 Å². The summed E-state index contributed by atoms with van der Waals surface area (Å²) in [6.45, 7) is 0. The van der Waals surface area contributed by atoms with Crippen LogP contribution in [-0.2, 0) is 20.6 Å². The molecule has 140 valence electrons. The van der Waals surface area contributed by atoms with E-state index in [0.717, 1.165) is 10.1 Å². The third-order valence-corrected chi connectivity index (χ3v) is 7.10. The second-order valence-corrected chi connectivity index (χ2v) is 9.56. The lowest BCUT2D eigenvalue weighted by Crippen LogP contribution is -2.42. The first-order valence-corrected chi connectivity index (χ1v) is 11.0. The van der Waals surface area contributed by atoms with Crippen LogP contribution in [-0.4, -0.2) is 44.4 Å². The molecule has 0 aliphatic carbocycles. The quantitative estimate of drug-likeness (QED) is 0.674. The SMILES string of the molecule is CN(C)S(=O)(=O)c1cccc(C(=O)NNC(=O)CSCc2cccs2)c1. The van der Waals surface area contributed by atoms with Crippen LogP contribution in [0.3, 0.4) is 0 Å². The Morgan fingerprint density at radius 1 is 1.15 bits per heavy atom. The summed E-state index contributed by atoms with van der Waals surface area (Å²) < 4.78 is 25.3. The first kappa shape index (κ1) is 20.4. The molecule has 2 amide bonds. The number of rotatable bonds is 7. The highest BCUT2D eigenvalue weighted by molar-refractivity contribution is 7.99. The lowest BCUT2D eigenvalue weighted by molar-refractivity contribution is -0.119. The maximum atomic E-state index is 12.1. The van der Waals surface area contributed by atoms with E-state index >= 15 is 0 Å². The van der Waals surface area contributed by atoms with Crippen LogP contribution in [0.15, 0.2) is 46.7 Å². The molecule has 26 heavy (non-hydrogen) atoms. The molecule has 2 rings (SSSR count). The first-order valence-electron chi connectivity index (χ1n) is 7.52. The zero-order valence-electron chi connectivity index (χ0n) is 14.3. The van der Waals surface area contributed by atoms with E-state index < -0.39 is 15.9 Å². The van der Waals surface area contributed by atoms with Crippen LogP contribution in [0.4, 0.5) is 0 Å². The first-order chi connectivity index (χ1) is 12.3. The van der Waals surface area contributed by atoms with Crippen molar-refractivity contribution in [1.29, 1.82) is 0 Å². The van der Waals surface area contributed by atoms with Crippen LogP contribution in [0.5, 0.6) is 0 Å². The molecule has 2 N–H and O–H groups in total. The third-order valence-electron chi connectivity index (χ3n) is 3.25. The molecule has 0 spiro atoms. The molecule has 2 aromatic rings. The van der Waals surface area contributed by atoms with Crippen LogP contribution in [0.25, 0.3) is 0 Å². The van der Waals surface area contributed by atoms with Crippen LogP contribution in [0, 0.1) is 0 Å². The number of nitrogens with zero attached hydrogens (tertiary/aromatic N) is 1. The number of thioether (sulfide) groups is 1. The lowest BCUT2D eigenvalue weighted by atomic mass is 10.2. The fourth-order valence-electron chi connectivity index (χ4n) is 1.88. The van der Waals surface area contributed by atoms with E-state index in [0.29, 0.717) is 0 Å². The van der Waals surface area contributed by atoms with Gasteiger partial charge in [-0.1, -0.05) is 12.1 Å². The van der Waals surface area contributed by atoms with Crippen molar-refractivity contribution in [3.05, 3.63) is 52.2 Å². The Morgan fingerprint density at radius 2 is 1.92 bits per heavy atom. The summed E-state index contributed by atoms with van der Waals surface area (Å²) in [6, 6.07) is 9.57. The highest BCUT2D eigenvalue weighted by Crippen LogP contribution is 2.17. The topological polar surface area (TPSA) is 95.6 Å². The van der Waals surface area contributed by atoms with E-state index in [9.17, 15) is 18.0 Å². The van der Waals surface area contributed by atoms with E-state index in [1.807, 2.05) is 17.5 Å². The summed E-state index contributed by atoms with van der Waals surface area (Å²) in [5, 5.41) is 1.97. The van der Waals surface area contributed by atoms with Crippen LogP contribution >= 0.6 is 23.1 Å². The highest BCUT2D eigenvalue weighted by atomic mass is 32.2. The zero-order valence-corrected chi connectivity index (χ0v) is 16.7. The largest absolute Gasteiger partial charge is 0.272 e. The Balaban J connectivity index is 1.86. The molecule has 0 aliphatic heterocycles. The number of thiophene rings is 1. The molecular weight excluding hydrogens is 394 g/mol. The predicted octanol–water partition coefficient (Wildman–Crippen LogP) is 1.69. The molecular formula is C16H19N3O4S3. The Bertz CT molecular complexity index is 865. The molecule has 0 bridgehead atoms. The summed E-state index contributed by atoms with van der Waals surface area (Å²) in [5.41, 5.74) is 4.76. The Kier molecular flexibility index (Phi) is 7.21. The number of benzene rings is 1. The predicted molar refractivity (Wildman–Crippen MR) is 103 cm³/mol. The smallest absolute Gasteiger partial charge is 0.269 e. The Labute approximate surface area is 160 Å². The van der Waals surface area contributed by atoms with Gasteiger partial charge in [-0.2, -0.15) is 0 Å². The fourth-order valence-corrected chi connectivity index (χ4v) is 4.50. The molecule has 0 radical (unpaired) electrons. The second kappa shape index (κ2) is 9.17. The van der Waals surface area contributed by atoms with E-state index in [4.69, 9.17) is 0 Å².